The topological polar surface area (TPSA) is 0 Å². The Kier molecular flexibility index (Phi) is 5.26. The first kappa shape index (κ1) is 14.0. The second-order valence-corrected chi connectivity index (χ2v) is 6.33. The molecule has 0 unspecified atom stereocenters. The van der Waals surface area contributed by atoms with Gasteiger partial charge in [0.1, 0.15) is 26.2 Å². The number of hydrogen-bond acceptors (Lipinski definition) is 0. The van der Waals surface area contributed by atoms with Crippen LogP contribution < -0.4 is 0 Å². The van der Waals surface area contributed by atoms with Gasteiger partial charge in [0.2, 0.25) is 0 Å². The van der Waals surface area contributed by atoms with Crippen molar-refractivity contribution in [1.82, 2.24) is 0 Å². The molecule has 96 valence electrons. The molecule has 0 aromatic carbocycles. The van der Waals surface area contributed by atoms with Crippen LogP contribution in [0.3, 0.4) is 0 Å². The summed E-state index contributed by atoms with van der Waals surface area (Å²) in [6.07, 6.45) is 5.53. The number of unbranched alkanes of at least 4 members (excludes halogenated alkanes) is 2. The first-order chi connectivity index (χ1) is 7.54. The molecule has 2 nitrogen and oxygen atoms in total. The number of quaternary nitrogens is 2. The fourth-order valence-corrected chi connectivity index (χ4v) is 2.74. The molecule has 0 aromatic heterocycles. The van der Waals surface area contributed by atoms with Crippen LogP contribution in [0.5, 0.6) is 0 Å². The van der Waals surface area contributed by atoms with E-state index in [-0.39, 0.29) is 0 Å². The Balaban J connectivity index is 2.51. The van der Waals surface area contributed by atoms with E-state index in [2.05, 4.69) is 27.9 Å². The minimum atomic E-state index is 1.23. The third-order valence-corrected chi connectivity index (χ3v) is 4.33. The summed E-state index contributed by atoms with van der Waals surface area (Å²) in [5, 5.41) is 0. The van der Waals surface area contributed by atoms with Crippen molar-refractivity contribution in [3.63, 3.8) is 0 Å². The Bertz CT molecular complexity index is 179. The fraction of sp³-hybridized carbons (Fsp3) is 1.00. The van der Waals surface area contributed by atoms with Gasteiger partial charge >= 0.3 is 0 Å². The van der Waals surface area contributed by atoms with E-state index in [1.165, 1.54) is 73.9 Å². The van der Waals surface area contributed by atoms with Crippen LogP contribution in [-0.4, -0.2) is 62.3 Å². The van der Waals surface area contributed by atoms with Gasteiger partial charge in [-0.3, -0.25) is 0 Å². The lowest BCUT2D eigenvalue weighted by Crippen LogP contribution is -2.64. The van der Waals surface area contributed by atoms with Crippen LogP contribution in [0.4, 0.5) is 0 Å². The van der Waals surface area contributed by atoms with Gasteiger partial charge in [0.05, 0.1) is 27.2 Å². The largest absolute Gasteiger partial charge is 0.319 e. The predicted octanol–water partition coefficient (Wildman–Crippen LogP) is 2.49. The molecule has 0 saturated carbocycles. The molecule has 0 bridgehead atoms. The molecule has 1 aliphatic rings. The molecule has 0 aliphatic carbocycles. The first-order valence-electron chi connectivity index (χ1n) is 7.21. The van der Waals surface area contributed by atoms with Crippen LogP contribution in [0.25, 0.3) is 0 Å². The minimum Gasteiger partial charge on any atom is -0.319 e. The van der Waals surface area contributed by atoms with Crippen molar-refractivity contribution in [1.29, 1.82) is 0 Å². The average molecular weight is 228 g/mol. The zero-order chi connectivity index (χ0) is 12.1. The van der Waals surface area contributed by atoms with Gasteiger partial charge in [-0.2, -0.15) is 0 Å². The highest BCUT2D eigenvalue weighted by Gasteiger charge is 2.36. The van der Waals surface area contributed by atoms with Crippen LogP contribution in [0.15, 0.2) is 0 Å². The molecular formula is C14H32N2+2. The van der Waals surface area contributed by atoms with E-state index >= 15 is 0 Å². The molecular weight excluding hydrogens is 196 g/mol. The quantitative estimate of drug-likeness (QED) is 0.613. The SMILES string of the molecule is CCCC[N+]1(CCCC)CC[N+](C)(C)CC1. The summed E-state index contributed by atoms with van der Waals surface area (Å²) >= 11 is 0. The van der Waals surface area contributed by atoms with Crippen molar-refractivity contribution in [3.05, 3.63) is 0 Å². The summed E-state index contributed by atoms with van der Waals surface area (Å²) in [5.41, 5.74) is 0. The van der Waals surface area contributed by atoms with Crippen molar-refractivity contribution in [2.24, 2.45) is 0 Å². The number of likely N-dealkylation sites (N-methyl/N-ethyl adjacent to an activating group) is 1. The number of rotatable bonds is 6. The van der Waals surface area contributed by atoms with E-state index in [1.807, 2.05) is 0 Å². The van der Waals surface area contributed by atoms with Gasteiger partial charge in [-0.15, -0.1) is 0 Å². The van der Waals surface area contributed by atoms with Crippen molar-refractivity contribution >= 4 is 0 Å². The summed E-state index contributed by atoms with van der Waals surface area (Å²) in [4.78, 5) is 0. The maximum absolute atomic E-state index is 2.38. The molecule has 2 heteroatoms. The highest BCUT2D eigenvalue weighted by molar-refractivity contribution is 4.53. The van der Waals surface area contributed by atoms with E-state index in [0.717, 1.165) is 0 Å². The fourth-order valence-electron chi connectivity index (χ4n) is 2.74. The molecule has 1 aliphatic heterocycles. The summed E-state index contributed by atoms with van der Waals surface area (Å²) in [7, 11) is 4.76. The molecule has 0 spiro atoms. The van der Waals surface area contributed by atoms with Gasteiger partial charge < -0.3 is 8.97 Å². The summed E-state index contributed by atoms with van der Waals surface area (Å²) in [6, 6.07) is 0. The average Bonchev–Trinajstić information content (AvgIpc) is 2.27. The Morgan fingerprint density at radius 1 is 0.750 bits per heavy atom. The monoisotopic (exact) mass is 228 g/mol. The van der Waals surface area contributed by atoms with Crippen molar-refractivity contribution in [2.75, 3.05) is 53.4 Å². The van der Waals surface area contributed by atoms with E-state index in [4.69, 9.17) is 0 Å². The lowest BCUT2D eigenvalue weighted by Gasteiger charge is -2.47. The molecule has 16 heavy (non-hydrogen) atoms. The maximum Gasteiger partial charge on any atom is 0.129 e. The van der Waals surface area contributed by atoms with Crippen LogP contribution >= 0.6 is 0 Å². The zero-order valence-electron chi connectivity index (χ0n) is 12.0. The lowest BCUT2D eigenvalue weighted by atomic mass is 10.1. The molecule has 0 atom stereocenters. The second kappa shape index (κ2) is 6.02. The summed E-state index contributed by atoms with van der Waals surface area (Å²) < 4.78 is 2.65. The molecule has 1 saturated heterocycles. The molecule has 1 fully saturated rings. The Labute approximate surface area is 102 Å². The van der Waals surface area contributed by atoms with Gasteiger partial charge in [0.15, 0.2) is 0 Å². The highest BCUT2D eigenvalue weighted by atomic mass is 15.4. The van der Waals surface area contributed by atoms with Gasteiger partial charge in [0.25, 0.3) is 0 Å². The number of piperazine rings is 1. The van der Waals surface area contributed by atoms with Gasteiger partial charge in [0, 0.05) is 0 Å². The Hall–Kier alpha value is -0.0800. The van der Waals surface area contributed by atoms with E-state index in [9.17, 15) is 0 Å². The van der Waals surface area contributed by atoms with E-state index in [1.54, 1.807) is 0 Å². The van der Waals surface area contributed by atoms with Crippen molar-refractivity contribution in [2.45, 2.75) is 39.5 Å². The first-order valence-corrected chi connectivity index (χ1v) is 7.21. The van der Waals surface area contributed by atoms with E-state index < -0.39 is 0 Å². The van der Waals surface area contributed by atoms with Crippen LogP contribution in [0, 0.1) is 0 Å². The normalized spacial score (nSPS) is 23.2. The standard InChI is InChI=1S/C14H32N2/c1-5-7-9-16(10-8-6-2)13-11-15(3,4)12-14-16/h5-14H2,1-4H3/q+2. The molecule has 1 rings (SSSR count). The predicted molar refractivity (Wildman–Crippen MR) is 71.4 cm³/mol. The zero-order valence-corrected chi connectivity index (χ0v) is 12.0. The third-order valence-electron chi connectivity index (χ3n) is 4.33. The van der Waals surface area contributed by atoms with Crippen LogP contribution in [-0.2, 0) is 0 Å². The minimum absolute atomic E-state index is 1.23. The van der Waals surface area contributed by atoms with Gasteiger partial charge in [-0.25, -0.2) is 0 Å². The van der Waals surface area contributed by atoms with E-state index in [0.29, 0.717) is 0 Å². The highest BCUT2D eigenvalue weighted by Crippen LogP contribution is 2.18. The molecule has 0 N–H and O–H groups in total. The van der Waals surface area contributed by atoms with Gasteiger partial charge in [-0.05, 0) is 12.8 Å². The smallest absolute Gasteiger partial charge is 0.129 e. The Morgan fingerprint density at radius 3 is 1.56 bits per heavy atom. The molecule has 1 heterocycles. The second-order valence-electron chi connectivity index (χ2n) is 6.33. The number of nitrogens with zero attached hydrogens (tertiary/aromatic N) is 2. The van der Waals surface area contributed by atoms with Crippen LogP contribution in [0.1, 0.15) is 39.5 Å². The number of hydrogen-bond donors (Lipinski definition) is 0. The maximum atomic E-state index is 2.38. The lowest BCUT2D eigenvalue weighted by molar-refractivity contribution is -1.02. The molecule has 0 aromatic rings. The molecule has 0 amide bonds. The van der Waals surface area contributed by atoms with Gasteiger partial charge in [-0.1, -0.05) is 26.7 Å². The summed E-state index contributed by atoms with van der Waals surface area (Å²) in [6.45, 7) is 13.0. The van der Waals surface area contributed by atoms with Crippen LogP contribution in [0.2, 0.25) is 0 Å². The Morgan fingerprint density at radius 2 is 1.19 bits per heavy atom. The van der Waals surface area contributed by atoms with Crippen molar-refractivity contribution < 1.29 is 8.97 Å². The summed E-state index contributed by atoms with van der Waals surface area (Å²) in [5.74, 6) is 0. The molecule has 0 radical (unpaired) electrons. The third kappa shape index (κ3) is 4.06. The van der Waals surface area contributed by atoms with Crippen molar-refractivity contribution in [3.8, 4) is 0 Å².